The molecule has 1 aliphatic rings. The largest absolute Gasteiger partial charge is 0.356 e. The molecular formula is C17H28FN3. The van der Waals surface area contributed by atoms with E-state index in [0.29, 0.717) is 6.54 Å². The van der Waals surface area contributed by atoms with Crippen LogP contribution in [0.1, 0.15) is 52.5 Å². The maximum atomic E-state index is 13.6. The van der Waals surface area contributed by atoms with Gasteiger partial charge in [0.1, 0.15) is 11.6 Å². The Morgan fingerprint density at radius 1 is 1.33 bits per heavy atom. The first-order valence-corrected chi connectivity index (χ1v) is 7.99. The van der Waals surface area contributed by atoms with E-state index in [-0.39, 0.29) is 11.4 Å². The second-order valence-corrected chi connectivity index (χ2v) is 7.26. The maximum absolute atomic E-state index is 13.6. The van der Waals surface area contributed by atoms with Crippen molar-refractivity contribution >= 4 is 5.82 Å². The van der Waals surface area contributed by atoms with E-state index in [1.807, 2.05) is 0 Å². The highest BCUT2D eigenvalue weighted by atomic mass is 19.1. The second-order valence-electron chi connectivity index (χ2n) is 7.26. The number of nitrogens with one attached hydrogen (secondary N) is 1. The highest BCUT2D eigenvalue weighted by Gasteiger charge is 2.19. The van der Waals surface area contributed by atoms with Crippen LogP contribution in [0.2, 0.25) is 0 Å². The summed E-state index contributed by atoms with van der Waals surface area (Å²) in [5, 5.41) is 3.44. The smallest absolute Gasteiger partial charge is 0.141 e. The standard InChI is InChI=1S/C17H28FN3/c1-13-6-5-8-21(9-7-13)16-14(10-15(18)12-19-16)11-20-17(2,3)4/h10,12-13,20H,5-9,11H2,1-4H3. The molecule has 1 unspecified atom stereocenters. The van der Waals surface area contributed by atoms with Crippen LogP contribution in [0.15, 0.2) is 12.3 Å². The molecule has 1 aromatic rings. The van der Waals surface area contributed by atoms with Gasteiger partial charge in [-0.05, 0) is 52.0 Å². The molecule has 1 aromatic heterocycles. The molecule has 1 fully saturated rings. The van der Waals surface area contributed by atoms with Crippen molar-refractivity contribution in [1.82, 2.24) is 10.3 Å². The molecule has 1 atom stereocenters. The zero-order valence-corrected chi connectivity index (χ0v) is 13.7. The molecule has 3 nitrogen and oxygen atoms in total. The number of halogens is 1. The van der Waals surface area contributed by atoms with Crippen molar-refractivity contribution in [2.45, 2.75) is 59.0 Å². The van der Waals surface area contributed by atoms with Crippen molar-refractivity contribution in [1.29, 1.82) is 0 Å². The van der Waals surface area contributed by atoms with Crippen LogP contribution in [0.5, 0.6) is 0 Å². The van der Waals surface area contributed by atoms with Gasteiger partial charge in [-0.15, -0.1) is 0 Å². The van der Waals surface area contributed by atoms with Crippen molar-refractivity contribution in [3.63, 3.8) is 0 Å². The van der Waals surface area contributed by atoms with Crippen LogP contribution in [-0.4, -0.2) is 23.6 Å². The summed E-state index contributed by atoms with van der Waals surface area (Å²) in [5.41, 5.74) is 0.969. The first kappa shape index (κ1) is 16.2. The molecule has 0 bridgehead atoms. The van der Waals surface area contributed by atoms with E-state index in [0.717, 1.165) is 30.4 Å². The van der Waals surface area contributed by atoms with E-state index >= 15 is 0 Å². The lowest BCUT2D eigenvalue weighted by molar-refractivity contribution is 0.423. The molecular weight excluding hydrogens is 265 g/mol. The number of rotatable bonds is 3. The molecule has 21 heavy (non-hydrogen) atoms. The van der Waals surface area contributed by atoms with Crippen molar-refractivity contribution < 1.29 is 4.39 Å². The zero-order valence-electron chi connectivity index (χ0n) is 13.7. The Bertz CT molecular complexity index is 468. The lowest BCUT2D eigenvalue weighted by Gasteiger charge is -2.26. The molecule has 0 saturated carbocycles. The minimum Gasteiger partial charge on any atom is -0.356 e. The van der Waals surface area contributed by atoms with Gasteiger partial charge >= 0.3 is 0 Å². The van der Waals surface area contributed by atoms with E-state index in [1.54, 1.807) is 6.07 Å². The Hall–Kier alpha value is -1.16. The van der Waals surface area contributed by atoms with Gasteiger partial charge in [-0.1, -0.05) is 6.92 Å². The number of hydrogen-bond donors (Lipinski definition) is 1. The van der Waals surface area contributed by atoms with Gasteiger partial charge in [0.2, 0.25) is 0 Å². The van der Waals surface area contributed by atoms with Gasteiger partial charge in [-0.3, -0.25) is 0 Å². The van der Waals surface area contributed by atoms with E-state index < -0.39 is 0 Å². The fraction of sp³-hybridized carbons (Fsp3) is 0.706. The van der Waals surface area contributed by atoms with E-state index in [9.17, 15) is 4.39 Å². The van der Waals surface area contributed by atoms with Crippen LogP contribution in [0.4, 0.5) is 10.2 Å². The molecule has 1 saturated heterocycles. The Kier molecular flexibility index (Phi) is 5.20. The lowest BCUT2D eigenvalue weighted by atomic mass is 10.0. The normalized spacial score (nSPS) is 20.4. The predicted octanol–water partition coefficient (Wildman–Crippen LogP) is 3.74. The number of hydrogen-bond acceptors (Lipinski definition) is 3. The third kappa shape index (κ3) is 4.95. The quantitative estimate of drug-likeness (QED) is 0.920. The molecule has 1 N–H and O–H groups in total. The van der Waals surface area contributed by atoms with E-state index in [1.165, 1.54) is 25.5 Å². The van der Waals surface area contributed by atoms with Crippen LogP contribution < -0.4 is 10.2 Å². The molecule has 2 heterocycles. The van der Waals surface area contributed by atoms with Crippen LogP contribution in [0.25, 0.3) is 0 Å². The Morgan fingerprint density at radius 3 is 2.81 bits per heavy atom. The highest BCUT2D eigenvalue weighted by molar-refractivity contribution is 5.47. The molecule has 4 heteroatoms. The summed E-state index contributed by atoms with van der Waals surface area (Å²) >= 11 is 0. The molecule has 0 aromatic carbocycles. The lowest BCUT2D eigenvalue weighted by Crippen LogP contribution is -2.36. The summed E-state index contributed by atoms with van der Waals surface area (Å²) in [5.74, 6) is 1.46. The Labute approximate surface area is 127 Å². The SMILES string of the molecule is CC1CCCN(c2ncc(F)cc2CNC(C)(C)C)CC1. The minimum atomic E-state index is -0.257. The number of pyridine rings is 1. The van der Waals surface area contributed by atoms with Crippen LogP contribution >= 0.6 is 0 Å². The molecule has 0 spiro atoms. The average Bonchev–Trinajstić information content (AvgIpc) is 2.61. The first-order chi connectivity index (χ1) is 9.85. The van der Waals surface area contributed by atoms with Gasteiger partial charge in [-0.25, -0.2) is 9.37 Å². The van der Waals surface area contributed by atoms with Crippen LogP contribution in [-0.2, 0) is 6.54 Å². The number of anilines is 1. The molecule has 0 aliphatic carbocycles. The van der Waals surface area contributed by atoms with Crippen molar-refractivity contribution in [2.75, 3.05) is 18.0 Å². The minimum absolute atomic E-state index is 0.0108. The molecule has 1 aliphatic heterocycles. The van der Waals surface area contributed by atoms with Gasteiger partial charge in [0.25, 0.3) is 0 Å². The molecule has 0 amide bonds. The van der Waals surface area contributed by atoms with Crippen molar-refractivity contribution in [3.05, 3.63) is 23.6 Å². The van der Waals surface area contributed by atoms with Gasteiger partial charge in [0, 0.05) is 30.7 Å². The number of nitrogens with zero attached hydrogens (tertiary/aromatic N) is 2. The highest BCUT2D eigenvalue weighted by Crippen LogP contribution is 2.24. The summed E-state index contributed by atoms with van der Waals surface area (Å²) < 4.78 is 13.6. The summed E-state index contributed by atoms with van der Waals surface area (Å²) in [6, 6.07) is 1.62. The maximum Gasteiger partial charge on any atom is 0.141 e. The fourth-order valence-electron chi connectivity index (χ4n) is 2.72. The summed E-state index contributed by atoms with van der Waals surface area (Å²) in [4.78, 5) is 6.70. The Morgan fingerprint density at radius 2 is 2.10 bits per heavy atom. The molecule has 118 valence electrons. The first-order valence-electron chi connectivity index (χ1n) is 7.99. The van der Waals surface area contributed by atoms with Gasteiger partial charge in [0.05, 0.1) is 6.20 Å². The molecule has 0 radical (unpaired) electrons. The van der Waals surface area contributed by atoms with Gasteiger partial charge in [0.15, 0.2) is 0 Å². The number of aromatic nitrogens is 1. The monoisotopic (exact) mass is 293 g/mol. The van der Waals surface area contributed by atoms with Crippen molar-refractivity contribution in [3.8, 4) is 0 Å². The summed E-state index contributed by atoms with van der Waals surface area (Å²) in [6.07, 6.45) is 4.98. The predicted molar refractivity (Wildman–Crippen MR) is 86.0 cm³/mol. The fourth-order valence-corrected chi connectivity index (χ4v) is 2.72. The topological polar surface area (TPSA) is 28.2 Å². The summed E-state index contributed by atoms with van der Waals surface area (Å²) in [6.45, 7) is 11.3. The van der Waals surface area contributed by atoms with E-state index in [4.69, 9.17) is 0 Å². The zero-order chi connectivity index (χ0) is 15.5. The van der Waals surface area contributed by atoms with E-state index in [2.05, 4.69) is 42.9 Å². The molecule has 2 rings (SSSR count). The van der Waals surface area contributed by atoms with Crippen LogP contribution in [0.3, 0.4) is 0 Å². The second kappa shape index (κ2) is 6.73. The van der Waals surface area contributed by atoms with Crippen molar-refractivity contribution in [2.24, 2.45) is 5.92 Å². The average molecular weight is 293 g/mol. The Balaban J connectivity index is 2.17. The van der Waals surface area contributed by atoms with Crippen LogP contribution in [0, 0.1) is 11.7 Å². The van der Waals surface area contributed by atoms with Gasteiger partial charge < -0.3 is 10.2 Å². The van der Waals surface area contributed by atoms with Gasteiger partial charge in [-0.2, -0.15) is 0 Å². The summed E-state index contributed by atoms with van der Waals surface area (Å²) in [7, 11) is 0. The third-order valence-electron chi connectivity index (χ3n) is 4.03. The third-order valence-corrected chi connectivity index (χ3v) is 4.03.